The van der Waals surface area contributed by atoms with Gasteiger partial charge in [-0.3, -0.25) is 0 Å². The number of benzene rings is 1. The molecule has 0 aliphatic heterocycles. The van der Waals surface area contributed by atoms with E-state index in [9.17, 15) is 0 Å². The van der Waals surface area contributed by atoms with Gasteiger partial charge in [-0.1, -0.05) is 42.8 Å². The average molecular weight is 330 g/mol. The van der Waals surface area contributed by atoms with Crippen molar-refractivity contribution in [2.45, 2.75) is 26.2 Å². The first-order valence-corrected chi connectivity index (χ1v) is 7.35. The zero-order valence-corrected chi connectivity index (χ0v) is 13.3. The van der Waals surface area contributed by atoms with E-state index in [0.29, 0.717) is 0 Å². The Hall–Kier alpha value is -1.68. The van der Waals surface area contributed by atoms with Crippen LogP contribution in [0.5, 0.6) is 0 Å². The number of halogens is 1. The molecule has 3 aromatic rings. The highest BCUT2D eigenvalue weighted by Gasteiger charge is 2.15. The molecule has 0 aliphatic rings. The molecule has 3 rings (SSSR count). The van der Waals surface area contributed by atoms with E-state index >= 15 is 0 Å². The van der Waals surface area contributed by atoms with Gasteiger partial charge in [0.05, 0.1) is 11.7 Å². The van der Waals surface area contributed by atoms with Crippen molar-refractivity contribution in [3.05, 3.63) is 52.8 Å². The summed E-state index contributed by atoms with van der Waals surface area (Å²) in [7, 11) is 0. The average Bonchev–Trinajstić information content (AvgIpc) is 2.81. The van der Waals surface area contributed by atoms with E-state index in [1.54, 1.807) is 0 Å². The van der Waals surface area contributed by atoms with Crippen LogP contribution < -0.4 is 0 Å². The quantitative estimate of drug-likeness (QED) is 0.659. The van der Waals surface area contributed by atoms with Gasteiger partial charge in [0.1, 0.15) is 0 Å². The number of rotatable bonds is 1. The minimum Gasteiger partial charge on any atom is -0.237 e. The van der Waals surface area contributed by atoms with Crippen LogP contribution in [0.3, 0.4) is 0 Å². The molecule has 0 amide bonds. The van der Waals surface area contributed by atoms with Gasteiger partial charge in [-0.05, 0) is 35.2 Å². The van der Waals surface area contributed by atoms with Crippen molar-refractivity contribution in [1.29, 1.82) is 0 Å². The SMILES string of the molecule is CC(C)(C)c1ccnc(-n2ncc3ccc(Br)cc32)c1. The van der Waals surface area contributed by atoms with Gasteiger partial charge in [-0.15, -0.1) is 0 Å². The molecule has 0 atom stereocenters. The fraction of sp³-hybridized carbons (Fsp3) is 0.250. The largest absolute Gasteiger partial charge is 0.237 e. The molecular formula is C16H16BrN3. The minimum absolute atomic E-state index is 0.0984. The maximum atomic E-state index is 4.46. The van der Waals surface area contributed by atoms with Gasteiger partial charge in [0.25, 0.3) is 0 Å². The van der Waals surface area contributed by atoms with E-state index in [2.05, 4.69) is 71.0 Å². The Morgan fingerprint density at radius 2 is 1.90 bits per heavy atom. The first-order chi connectivity index (χ1) is 9.45. The lowest BCUT2D eigenvalue weighted by Gasteiger charge is -2.19. The molecule has 102 valence electrons. The van der Waals surface area contributed by atoms with E-state index < -0.39 is 0 Å². The second-order valence-electron chi connectivity index (χ2n) is 5.91. The molecule has 0 unspecified atom stereocenters. The van der Waals surface area contributed by atoms with Gasteiger partial charge in [-0.2, -0.15) is 5.10 Å². The van der Waals surface area contributed by atoms with Crippen LogP contribution in [0.1, 0.15) is 26.3 Å². The van der Waals surface area contributed by atoms with E-state index in [-0.39, 0.29) is 5.41 Å². The molecule has 4 heteroatoms. The van der Waals surface area contributed by atoms with Crippen molar-refractivity contribution in [2.24, 2.45) is 0 Å². The Labute approximate surface area is 126 Å². The van der Waals surface area contributed by atoms with E-state index in [0.717, 1.165) is 21.2 Å². The molecule has 0 radical (unpaired) electrons. The number of hydrogen-bond donors (Lipinski definition) is 0. The summed E-state index contributed by atoms with van der Waals surface area (Å²) < 4.78 is 2.92. The Balaban J connectivity index is 2.18. The first kappa shape index (κ1) is 13.3. The molecule has 0 saturated carbocycles. The summed E-state index contributed by atoms with van der Waals surface area (Å²) in [5, 5.41) is 5.57. The van der Waals surface area contributed by atoms with Gasteiger partial charge in [0, 0.05) is 16.1 Å². The third kappa shape index (κ3) is 2.36. The number of fused-ring (bicyclic) bond motifs is 1. The van der Waals surface area contributed by atoms with Crippen LogP contribution >= 0.6 is 15.9 Å². The Bertz CT molecular complexity index is 769. The third-order valence-electron chi connectivity index (χ3n) is 3.36. The minimum atomic E-state index is 0.0984. The van der Waals surface area contributed by atoms with Gasteiger partial charge in [-0.25, -0.2) is 9.67 Å². The number of pyridine rings is 1. The lowest BCUT2D eigenvalue weighted by atomic mass is 9.88. The fourth-order valence-corrected chi connectivity index (χ4v) is 2.52. The summed E-state index contributed by atoms with van der Waals surface area (Å²) in [6, 6.07) is 10.3. The first-order valence-electron chi connectivity index (χ1n) is 6.55. The summed E-state index contributed by atoms with van der Waals surface area (Å²) >= 11 is 3.51. The lowest BCUT2D eigenvalue weighted by Crippen LogP contribution is -2.12. The van der Waals surface area contributed by atoms with Crippen LogP contribution in [0.25, 0.3) is 16.7 Å². The summed E-state index contributed by atoms with van der Waals surface area (Å²) in [6.07, 6.45) is 3.72. The van der Waals surface area contributed by atoms with Crippen LogP contribution in [-0.4, -0.2) is 14.8 Å². The molecule has 0 N–H and O–H groups in total. The maximum absolute atomic E-state index is 4.46. The van der Waals surface area contributed by atoms with E-state index in [1.165, 1.54) is 5.56 Å². The van der Waals surface area contributed by atoms with Crippen LogP contribution in [-0.2, 0) is 5.41 Å². The van der Waals surface area contributed by atoms with Crippen LogP contribution in [0.15, 0.2) is 47.2 Å². The van der Waals surface area contributed by atoms with Gasteiger partial charge >= 0.3 is 0 Å². The topological polar surface area (TPSA) is 30.7 Å². The molecule has 3 nitrogen and oxygen atoms in total. The third-order valence-corrected chi connectivity index (χ3v) is 3.85. The molecule has 0 aliphatic carbocycles. The lowest BCUT2D eigenvalue weighted by molar-refractivity contribution is 0.588. The summed E-state index contributed by atoms with van der Waals surface area (Å²) in [5.41, 5.74) is 2.40. The Kier molecular flexibility index (Phi) is 3.13. The highest BCUT2D eigenvalue weighted by atomic mass is 79.9. The highest BCUT2D eigenvalue weighted by Crippen LogP contribution is 2.25. The van der Waals surface area contributed by atoms with Crippen LogP contribution in [0, 0.1) is 0 Å². The molecule has 0 saturated heterocycles. The Morgan fingerprint density at radius 3 is 2.65 bits per heavy atom. The summed E-state index contributed by atoms with van der Waals surface area (Å²) in [5.74, 6) is 0.852. The smallest absolute Gasteiger partial charge is 0.154 e. The zero-order valence-electron chi connectivity index (χ0n) is 11.8. The molecule has 2 heterocycles. The summed E-state index contributed by atoms with van der Waals surface area (Å²) in [4.78, 5) is 4.46. The number of hydrogen-bond acceptors (Lipinski definition) is 2. The van der Waals surface area contributed by atoms with Crippen LogP contribution in [0.4, 0.5) is 0 Å². The van der Waals surface area contributed by atoms with Crippen molar-refractivity contribution in [3.8, 4) is 5.82 Å². The zero-order chi connectivity index (χ0) is 14.3. The van der Waals surface area contributed by atoms with Gasteiger partial charge in [0.15, 0.2) is 5.82 Å². The standard InChI is InChI=1S/C16H16BrN3/c1-16(2,3)12-6-7-18-15(8-12)20-14-9-13(17)5-4-11(14)10-19-20/h4-10H,1-3H3. The van der Waals surface area contributed by atoms with Crippen molar-refractivity contribution < 1.29 is 0 Å². The second-order valence-corrected chi connectivity index (χ2v) is 6.83. The van der Waals surface area contributed by atoms with Crippen molar-refractivity contribution in [1.82, 2.24) is 14.8 Å². The fourth-order valence-electron chi connectivity index (χ4n) is 2.17. The van der Waals surface area contributed by atoms with Crippen molar-refractivity contribution in [3.63, 3.8) is 0 Å². The normalized spacial score (nSPS) is 12.0. The van der Waals surface area contributed by atoms with E-state index in [4.69, 9.17) is 0 Å². The molecule has 20 heavy (non-hydrogen) atoms. The van der Waals surface area contributed by atoms with Gasteiger partial charge < -0.3 is 0 Å². The maximum Gasteiger partial charge on any atom is 0.154 e. The van der Waals surface area contributed by atoms with Crippen molar-refractivity contribution >= 4 is 26.8 Å². The predicted molar refractivity (Wildman–Crippen MR) is 85.3 cm³/mol. The number of aromatic nitrogens is 3. The van der Waals surface area contributed by atoms with Crippen molar-refractivity contribution in [2.75, 3.05) is 0 Å². The molecule has 0 bridgehead atoms. The Morgan fingerprint density at radius 1 is 1.10 bits per heavy atom. The molecule has 0 spiro atoms. The van der Waals surface area contributed by atoms with E-state index in [1.807, 2.05) is 23.1 Å². The highest BCUT2D eigenvalue weighted by molar-refractivity contribution is 9.10. The predicted octanol–water partition coefficient (Wildman–Crippen LogP) is 4.48. The molecule has 0 fully saturated rings. The molecular weight excluding hydrogens is 314 g/mol. The van der Waals surface area contributed by atoms with Crippen LogP contribution in [0.2, 0.25) is 0 Å². The summed E-state index contributed by atoms with van der Waals surface area (Å²) in [6.45, 7) is 6.59. The van der Waals surface area contributed by atoms with Gasteiger partial charge in [0.2, 0.25) is 0 Å². The molecule has 2 aromatic heterocycles. The monoisotopic (exact) mass is 329 g/mol. The molecule has 1 aromatic carbocycles. The number of nitrogens with zero attached hydrogens (tertiary/aromatic N) is 3. The second kappa shape index (κ2) is 4.70.